The van der Waals surface area contributed by atoms with Gasteiger partial charge in [0.15, 0.2) is 5.69 Å². The lowest BCUT2D eigenvalue weighted by Gasteiger charge is -2.08. The summed E-state index contributed by atoms with van der Waals surface area (Å²) in [6.45, 7) is 0.338. The van der Waals surface area contributed by atoms with E-state index in [4.69, 9.17) is 11.6 Å². The van der Waals surface area contributed by atoms with Crippen molar-refractivity contribution in [2.24, 2.45) is 10.2 Å². The molecule has 4 aromatic rings. The van der Waals surface area contributed by atoms with Crippen molar-refractivity contribution in [1.82, 2.24) is 4.57 Å². The summed E-state index contributed by atoms with van der Waals surface area (Å²) in [5.74, 6) is -1.18. The average molecular weight is 485 g/mol. The molecule has 0 aliphatic heterocycles. The monoisotopic (exact) mass is 483 g/mol. The number of nitrogens with zero attached hydrogens (tertiary/aromatic N) is 3. The number of azo groups is 1. The Morgan fingerprint density at radius 3 is 2.53 bits per heavy atom. The van der Waals surface area contributed by atoms with Gasteiger partial charge in [0.25, 0.3) is 0 Å². The molecule has 0 unspecified atom stereocenters. The lowest BCUT2D eigenvalue weighted by molar-refractivity contribution is 0.0697. The fourth-order valence-electron chi connectivity index (χ4n) is 3.20. The third-order valence-corrected chi connectivity index (χ3v) is 5.51. The number of aromatic carboxylic acids is 1. The molecule has 0 radical (unpaired) electrons. The molecule has 0 spiro atoms. The van der Waals surface area contributed by atoms with E-state index < -0.39 is 5.97 Å². The summed E-state index contributed by atoms with van der Waals surface area (Å²) >= 11 is 9.74. The van der Waals surface area contributed by atoms with Crippen LogP contribution in [0, 0.1) is 0 Å². The van der Waals surface area contributed by atoms with Gasteiger partial charge in [-0.1, -0.05) is 57.9 Å². The second-order valence-corrected chi connectivity index (χ2v) is 7.86. The second-order valence-electron chi connectivity index (χ2n) is 6.53. The molecule has 8 heteroatoms. The van der Waals surface area contributed by atoms with Gasteiger partial charge in [0, 0.05) is 14.9 Å². The number of fused-ring (bicyclic) bond motifs is 1. The van der Waals surface area contributed by atoms with E-state index in [1.54, 1.807) is 28.8 Å². The maximum absolute atomic E-state index is 11.4. The van der Waals surface area contributed by atoms with Crippen molar-refractivity contribution in [2.75, 3.05) is 0 Å². The number of carboxylic acid groups (broad SMARTS) is 1. The number of benzene rings is 3. The summed E-state index contributed by atoms with van der Waals surface area (Å²) < 4.78 is 2.51. The number of rotatable bonds is 5. The number of aromatic hydroxyl groups is 1. The number of hydrogen-bond donors (Lipinski definition) is 2. The summed E-state index contributed by atoms with van der Waals surface area (Å²) in [6, 6.07) is 19.3. The number of aromatic nitrogens is 1. The summed E-state index contributed by atoms with van der Waals surface area (Å²) in [6.07, 6.45) is 0. The van der Waals surface area contributed by atoms with Crippen LogP contribution in [-0.4, -0.2) is 20.7 Å². The first-order valence-electron chi connectivity index (χ1n) is 8.94. The Morgan fingerprint density at radius 2 is 1.77 bits per heavy atom. The fraction of sp³-hybridized carbons (Fsp3) is 0.0455. The maximum Gasteiger partial charge on any atom is 0.337 e. The smallest absolute Gasteiger partial charge is 0.337 e. The molecular formula is C22H15BrClN3O3. The van der Waals surface area contributed by atoms with Gasteiger partial charge in [-0.15, -0.1) is 10.2 Å². The number of carbonyl (C=O) groups is 1. The lowest BCUT2D eigenvalue weighted by Crippen LogP contribution is -1.99. The molecular weight excluding hydrogens is 470 g/mol. The average Bonchev–Trinajstić information content (AvgIpc) is 2.98. The summed E-state index contributed by atoms with van der Waals surface area (Å²) in [5, 5.41) is 29.9. The molecule has 30 heavy (non-hydrogen) atoms. The van der Waals surface area contributed by atoms with E-state index in [0.717, 1.165) is 15.6 Å². The van der Waals surface area contributed by atoms with Gasteiger partial charge < -0.3 is 14.8 Å². The van der Waals surface area contributed by atoms with E-state index in [-0.39, 0.29) is 22.8 Å². The third-order valence-electron chi connectivity index (χ3n) is 4.65. The Balaban J connectivity index is 1.85. The largest absolute Gasteiger partial charge is 0.493 e. The van der Waals surface area contributed by atoms with E-state index in [0.29, 0.717) is 17.0 Å². The van der Waals surface area contributed by atoms with Crippen LogP contribution in [0.25, 0.3) is 10.9 Å². The highest BCUT2D eigenvalue weighted by atomic mass is 79.9. The van der Waals surface area contributed by atoms with Gasteiger partial charge >= 0.3 is 5.97 Å². The molecule has 0 aliphatic rings. The molecule has 1 heterocycles. The molecule has 0 bridgehead atoms. The minimum atomic E-state index is -1.10. The van der Waals surface area contributed by atoms with Crippen LogP contribution < -0.4 is 0 Å². The molecule has 0 amide bonds. The Kier molecular flexibility index (Phi) is 5.57. The predicted octanol–water partition coefficient (Wildman–Crippen LogP) is 6.92. The molecule has 0 atom stereocenters. The van der Waals surface area contributed by atoms with Crippen LogP contribution in [0.5, 0.6) is 5.88 Å². The minimum Gasteiger partial charge on any atom is -0.493 e. The zero-order valence-electron chi connectivity index (χ0n) is 15.5. The highest BCUT2D eigenvalue weighted by Gasteiger charge is 2.18. The van der Waals surface area contributed by atoms with Crippen molar-refractivity contribution in [2.45, 2.75) is 6.54 Å². The molecule has 4 rings (SSSR count). The summed E-state index contributed by atoms with van der Waals surface area (Å²) in [7, 11) is 0. The summed E-state index contributed by atoms with van der Waals surface area (Å²) in [4.78, 5) is 11.4. The van der Waals surface area contributed by atoms with E-state index >= 15 is 0 Å². The van der Waals surface area contributed by atoms with E-state index in [1.807, 2.05) is 36.4 Å². The SMILES string of the molecule is O=C(O)c1ccccc1N=Nc1c(O)n(Cc2ccccc2Cl)c2ccc(Br)cc12. The van der Waals surface area contributed by atoms with Crippen LogP contribution in [0.3, 0.4) is 0 Å². The van der Waals surface area contributed by atoms with Gasteiger partial charge in [-0.05, 0) is 42.0 Å². The first kappa shape index (κ1) is 20.1. The molecule has 0 fully saturated rings. The summed E-state index contributed by atoms with van der Waals surface area (Å²) in [5.41, 5.74) is 2.07. The van der Waals surface area contributed by atoms with Crippen molar-refractivity contribution in [3.63, 3.8) is 0 Å². The lowest BCUT2D eigenvalue weighted by atomic mass is 10.2. The van der Waals surface area contributed by atoms with Crippen LogP contribution in [0.1, 0.15) is 15.9 Å². The molecule has 150 valence electrons. The molecule has 0 saturated heterocycles. The number of carboxylic acids is 1. The third kappa shape index (κ3) is 3.81. The zero-order valence-corrected chi connectivity index (χ0v) is 17.8. The van der Waals surface area contributed by atoms with E-state index in [2.05, 4.69) is 26.2 Å². The molecule has 0 aliphatic carbocycles. The van der Waals surface area contributed by atoms with Crippen LogP contribution in [0.15, 0.2) is 81.4 Å². The van der Waals surface area contributed by atoms with Crippen LogP contribution in [-0.2, 0) is 6.54 Å². The Morgan fingerprint density at radius 1 is 1.03 bits per heavy atom. The standard InChI is InChI=1S/C22H15BrClN3O3/c23-14-9-10-19-16(11-14)20(26-25-18-8-4-2-6-15(18)22(29)30)21(28)27(19)12-13-5-1-3-7-17(13)24/h1-11,28H,12H2,(H,29,30). The van der Waals surface area contributed by atoms with Crippen LogP contribution in [0.2, 0.25) is 5.02 Å². The van der Waals surface area contributed by atoms with E-state index in [1.165, 1.54) is 6.07 Å². The molecule has 6 nitrogen and oxygen atoms in total. The van der Waals surface area contributed by atoms with Gasteiger partial charge in [-0.25, -0.2) is 4.79 Å². The molecule has 1 aromatic heterocycles. The number of halogens is 2. The second kappa shape index (κ2) is 8.30. The maximum atomic E-state index is 11.4. The Hall–Kier alpha value is -3.16. The number of hydrogen-bond acceptors (Lipinski definition) is 4. The zero-order chi connectivity index (χ0) is 21.3. The van der Waals surface area contributed by atoms with Crippen LogP contribution in [0.4, 0.5) is 11.4 Å². The van der Waals surface area contributed by atoms with Gasteiger partial charge in [-0.2, -0.15) is 0 Å². The highest BCUT2D eigenvalue weighted by molar-refractivity contribution is 9.10. The molecule has 2 N–H and O–H groups in total. The molecule has 0 saturated carbocycles. The van der Waals surface area contributed by atoms with Crippen molar-refractivity contribution < 1.29 is 15.0 Å². The topological polar surface area (TPSA) is 87.2 Å². The normalized spacial score (nSPS) is 11.4. The van der Waals surface area contributed by atoms with Gasteiger partial charge in [0.1, 0.15) is 5.69 Å². The van der Waals surface area contributed by atoms with Gasteiger partial charge in [-0.3, -0.25) is 0 Å². The highest BCUT2D eigenvalue weighted by Crippen LogP contribution is 2.41. The van der Waals surface area contributed by atoms with Crippen LogP contribution >= 0.6 is 27.5 Å². The Labute approximate surface area is 185 Å². The Bertz CT molecular complexity index is 1300. The first-order valence-corrected chi connectivity index (χ1v) is 10.1. The minimum absolute atomic E-state index is 0.0294. The van der Waals surface area contributed by atoms with Gasteiger partial charge in [0.2, 0.25) is 5.88 Å². The van der Waals surface area contributed by atoms with Gasteiger partial charge in [0.05, 0.1) is 17.6 Å². The fourth-order valence-corrected chi connectivity index (χ4v) is 3.75. The van der Waals surface area contributed by atoms with Crippen molar-refractivity contribution in [1.29, 1.82) is 0 Å². The quantitative estimate of drug-likeness (QED) is 0.301. The van der Waals surface area contributed by atoms with E-state index in [9.17, 15) is 15.0 Å². The van der Waals surface area contributed by atoms with Crippen molar-refractivity contribution in [3.05, 3.63) is 87.4 Å². The first-order chi connectivity index (χ1) is 14.5. The molecule has 3 aromatic carbocycles. The van der Waals surface area contributed by atoms with Crippen molar-refractivity contribution >= 4 is 55.8 Å². The van der Waals surface area contributed by atoms with Crippen molar-refractivity contribution in [3.8, 4) is 5.88 Å². The predicted molar refractivity (Wildman–Crippen MR) is 119 cm³/mol.